The van der Waals surface area contributed by atoms with Gasteiger partial charge in [0, 0.05) is 39.0 Å². The van der Waals surface area contributed by atoms with Gasteiger partial charge in [0.1, 0.15) is 5.25 Å². The Morgan fingerprint density at radius 1 is 1.00 bits per heavy atom. The Kier molecular flexibility index (Phi) is 5.58. The van der Waals surface area contributed by atoms with Gasteiger partial charge in [-0.3, -0.25) is 9.78 Å². The Labute approximate surface area is 207 Å². The summed E-state index contributed by atoms with van der Waals surface area (Å²) in [5, 5.41) is 1.99. The van der Waals surface area contributed by atoms with E-state index in [0.717, 1.165) is 34.1 Å². The van der Waals surface area contributed by atoms with Gasteiger partial charge in [0.2, 0.25) is 0 Å². The fourth-order valence-electron chi connectivity index (χ4n) is 5.40. The fraction of sp³-hybridized carbons (Fsp3) is 0.296. The van der Waals surface area contributed by atoms with Crippen LogP contribution in [0.25, 0.3) is 15.7 Å². The third kappa shape index (κ3) is 3.60. The number of urea groups is 1. The summed E-state index contributed by atoms with van der Waals surface area (Å²) in [5.41, 5.74) is 1.46. The molecule has 1 aliphatic carbocycles. The van der Waals surface area contributed by atoms with Crippen molar-refractivity contribution in [1.29, 1.82) is 0 Å². The Hall–Kier alpha value is -2.83. The predicted molar refractivity (Wildman–Crippen MR) is 138 cm³/mol. The largest absolute Gasteiger partial charge is 0.332 e. The minimum absolute atomic E-state index is 0.195. The summed E-state index contributed by atoms with van der Waals surface area (Å²) in [5.74, 6) is 0.271. The SMILES string of the molecule is O=C1C2SC(c3ccccc3Cl)=CC2N(CC2CCCC2)C(=O)N1c1cncc2ccccc12. The van der Waals surface area contributed by atoms with E-state index in [4.69, 9.17) is 11.6 Å². The van der Waals surface area contributed by atoms with Gasteiger partial charge in [-0.05, 0) is 30.9 Å². The van der Waals surface area contributed by atoms with Crippen molar-refractivity contribution in [2.24, 2.45) is 5.92 Å². The summed E-state index contributed by atoms with van der Waals surface area (Å²) < 4.78 is 0. The molecule has 0 N–H and O–H groups in total. The molecule has 1 aromatic heterocycles. The second-order valence-corrected chi connectivity index (χ2v) is 10.8. The first-order valence-electron chi connectivity index (χ1n) is 11.7. The summed E-state index contributed by atoms with van der Waals surface area (Å²) >= 11 is 8.00. The molecule has 172 valence electrons. The van der Waals surface area contributed by atoms with Gasteiger partial charge in [-0.1, -0.05) is 66.9 Å². The molecule has 34 heavy (non-hydrogen) atoms. The van der Waals surface area contributed by atoms with E-state index in [9.17, 15) is 9.59 Å². The van der Waals surface area contributed by atoms with Gasteiger partial charge in [-0.25, -0.2) is 9.69 Å². The monoisotopic (exact) mass is 489 g/mol. The molecule has 2 atom stereocenters. The van der Waals surface area contributed by atoms with E-state index >= 15 is 0 Å². The standard InChI is InChI=1S/C27H24ClN3O2S/c28-21-12-6-5-11-20(21)24-13-22-25(34-24)26(32)31(27(33)30(22)16-17-7-1-2-8-17)23-15-29-14-18-9-3-4-10-19(18)23/h3-6,9-15,17,22,25H,1-2,7-8,16H2. The van der Waals surface area contributed by atoms with Crippen LogP contribution in [0.1, 0.15) is 31.2 Å². The summed E-state index contributed by atoms with van der Waals surface area (Å²) in [6.07, 6.45) is 10.1. The smallest absolute Gasteiger partial charge is 0.316 e. The van der Waals surface area contributed by atoms with Crippen LogP contribution in [0.2, 0.25) is 5.02 Å². The zero-order valence-corrected chi connectivity index (χ0v) is 20.1. The lowest BCUT2D eigenvalue weighted by molar-refractivity contribution is -0.119. The van der Waals surface area contributed by atoms with Gasteiger partial charge in [0.05, 0.1) is 17.9 Å². The van der Waals surface area contributed by atoms with Gasteiger partial charge in [-0.15, -0.1) is 11.8 Å². The number of amides is 3. The second-order valence-electron chi connectivity index (χ2n) is 9.18. The van der Waals surface area contributed by atoms with Crippen LogP contribution in [-0.4, -0.2) is 39.7 Å². The molecule has 6 rings (SSSR count). The van der Waals surface area contributed by atoms with Gasteiger partial charge in [-0.2, -0.15) is 0 Å². The molecule has 2 aliphatic heterocycles. The van der Waals surface area contributed by atoms with Crippen molar-refractivity contribution in [2.45, 2.75) is 37.0 Å². The van der Waals surface area contributed by atoms with Crippen molar-refractivity contribution >= 4 is 56.7 Å². The first-order valence-corrected chi connectivity index (χ1v) is 13.0. The first kappa shape index (κ1) is 21.7. The Morgan fingerprint density at radius 2 is 1.76 bits per heavy atom. The van der Waals surface area contributed by atoms with E-state index in [1.165, 1.54) is 29.5 Å². The van der Waals surface area contributed by atoms with Gasteiger partial charge in [0.15, 0.2) is 0 Å². The van der Waals surface area contributed by atoms with Crippen LogP contribution in [0.3, 0.4) is 0 Å². The van der Waals surface area contributed by atoms with Crippen LogP contribution >= 0.6 is 23.4 Å². The summed E-state index contributed by atoms with van der Waals surface area (Å²) in [4.78, 5) is 36.4. The topological polar surface area (TPSA) is 53.5 Å². The highest BCUT2D eigenvalue weighted by atomic mass is 35.5. The number of thioether (sulfide) groups is 1. The first-order chi connectivity index (χ1) is 16.6. The number of aromatic nitrogens is 1. The van der Waals surface area contributed by atoms with Gasteiger partial charge >= 0.3 is 6.03 Å². The number of imide groups is 1. The number of carbonyl (C=O) groups is 2. The lowest BCUT2D eigenvalue weighted by Gasteiger charge is -2.42. The van der Waals surface area contributed by atoms with Crippen LogP contribution in [0.4, 0.5) is 10.5 Å². The van der Waals surface area contributed by atoms with E-state index in [-0.39, 0.29) is 18.0 Å². The Bertz CT molecular complexity index is 1310. The van der Waals surface area contributed by atoms with Crippen LogP contribution in [-0.2, 0) is 4.79 Å². The van der Waals surface area contributed by atoms with Crippen molar-refractivity contribution in [3.63, 3.8) is 0 Å². The maximum absolute atomic E-state index is 14.0. The molecule has 3 amide bonds. The number of benzene rings is 2. The van der Waals surface area contributed by atoms with E-state index in [0.29, 0.717) is 23.2 Å². The normalized spacial score (nSPS) is 23.0. The fourth-order valence-corrected chi connectivity index (χ4v) is 7.06. The molecule has 0 spiro atoms. The number of hydrogen-bond donors (Lipinski definition) is 0. The number of hydrogen-bond acceptors (Lipinski definition) is 4. The van der Waals surface area contributed by atoms with E-state index < -0.39 is 5.25 Å². The zero-order valence-electron chi connectivity index (χ0n) is 18.6. The highest BCUT2D eigenvalue weighted by Crippen LogP contribution is 2.47. The van der Waals surface area contributed by atoms with Crippen LogP contribution in [0, 0.1) is 5.92 Å². The van der Waals surface area contributed by atoms with Crippen molar-refractivity contribution in [3.8, 4) is 0 Å². The third-order valence-electron chi connectivity index (χ3n) is 7.10. The number of rotatable bonds is 4. The molecule has 1 saturated carbocycles. The molecule has 0 bridgehead atoms. The molecule has 3 aliphatic rings. The minimum Gasteiger partial charge on any atom is -0.316 e. The molecule has 1 saturated heterocycles. The molecule has 3 heterocycles. The van der Waals surface area contributed by atoms with Crippen LogP contribution in [0.15, 0.2) is 67.0 Å². The zero-order chi connectivity index (χ0) is 23.2. The number of halogens is 1. The van der Waals surface area contributed by atoms with Crippen molar-refractivity contribution in [3.05, 3.63) is 77.6 Å². The number of anilines is 1. The van der Waals surface area contributed by atoms with Gasteiger partial charge in [0.25, 0.3) is 5.91 Å². The number of pyridine rings is 1. The summed E-state index contributed by atoms with van der Waals surface area (Å²) in [6.45, 7) is 0.662. The lowest BCUT2D eigenvalue weighted by Crippen LogP contribution is -2.62. The summed E-state index contributed by atoms with van der Waals surface area (Å²) in [7, 11) is 0. The van der Waals surface area contributed by atoms with Crippen molar-refractivity contribution < 1.29 is 9.59 Å². The molecule has 2 unspecified atom stereocenters. The minimum atomic E-state index is -0.413. The van der Waals surface area contributed by atoms with Crippen LogP contribution < -0.4 is 4.90 Å². The average molecular weight is 490 g/mol. The van der Waals surface area contributed by atoms with E-state index in [2.05, 4.69) is 11.1 Å². The Balaban J connectivity index is 1.43. The van der Waals surface area contributed by atoms with Crippen LogP contribution in [0.5, 0.6) is 0 Å². The molecule has 2 aromatic carbocycles. The van der Waals surface area contributed by atoms with E-state index in [1.54, 1.807) is 12.4 Å². The molecule has 7 heteroatoms. The highest BCUT2D eigenvalue weighted by molar-refractivity contribution is 8.09. The number of nitrogens with zero attached hydrogens (tertiary/aromatic N) is 3. The maximum Gasteiger partial charge on any atom is 0.332 e. The molecule has 0 radical (unpaired) electrons. The quantitative estimate of drug-likeness (QED) is 0.427. The molecular weight excluding hydrogens is 466 g/mol. The highest BCUT2D eigenvalue weighted by Gasteiger charge is 2.50. The average Bonchev–Trinajstić information content (AvgIpc) is 3.53. The molecule has 5 nitrogen and oxygen atoms in total. The summed E-state index contributed by atoms with van der Waals surface area (Å²) in [6, 6.07) is 14.9. The van der Waals surface area contributed by atoms with Gasteiger partial charge < -0.3 is 4.90 Å². The lowest BCUT2D eigenvalue weighted by atomic mass is 10.0. The maximum atomic E-state index is 14.0. The number of carbonyl (C=O) groups excluding carboxylic acids is 2. The van der Waals surface area contributed by atoms with Crippen molar-refractivity contribution in [2.75, 3.05) is 11.4 Å². The third-order valence-corrected chi connectivity index (χ3v) is 8.78. The predicted octanol–water partition coefficient (Wildman–Crippen LogP) is 6.37. The van der Waals surface area contributed by atoms with E-state index in [1.807, 2.05) is 53.4 Å². The molecule has 2 fully saturated rings. The number of fused-ring (bicyclic) bond motifs is 2. The molecule has 3 aromatic rings. The molecular formula is C27H24ClN3O2S. The Morgan fingerprint density at radius 3 is 2.59 bits per heavy atom. The second kappa shape index (κ2) is 8.75. The van der Waals surface area contributed by atoms with Crippen molar-refractivity contribution in [1.82, 2.24) is 9.88 Å².